The van der Waals surface area contributed by atoms with Crippen molar-refractivity contribution in [3.05, 3.63) is 29.8 Å². The van der Waals surface area contributed by atoms with Crippen molar-refractivity contribution in [2.45, 2.75) is 6.61 Å². The maximum atomic E-state index is 10.6. The molecule has 1 aromatic rings. The Balaban J connectivity index is 2.64. The number of carbonyl (C=O) groups excluding carboxylic acids is 1. The quantitative estimate of drug-likeness (QED) is 0.635. The van der Waals surface area contributed by atoms with Crippen LogP contribution in [0.5, 0.6) is 5.75 Å². The third kappa shape index (κ3) is 3.73. The van der Waals surface area contributed by atoms with E-state index >= 15 is 0 Å². The summed E-state index contributed by atoms with van der Waals surface area (Å²) in [6, 6.07) is 7.20. The summed E-state index contributed by atoms with van der Waals surface area (Å²) in [4.78, 5) is 10.6. The van der Waals surface area contributed by atoms with Crippen LogP contribution in [0.15, 0.2) is 24.3 Å². The molecule has 0 aliphatic heterocycles. The number of hydrogen-bond donors (Lipinski definition) is 0. The predicted molar refractivity (Wildman–Crippen MR) is 57.2 cm³/mol. The highest BCUT2D eigenvalue weighted by atomic mass is 127. The Morgan fingerprint density at radius 2 is 2.00 bits per heavy atom. The van der Waals surface area contributed by atoms with E-state index in [2.05, 4.69) is 0 Å². The van der Waals surface area contributed by atoms with E-state index in [0.29, 0.717) is 12.4 Å². The largest absolute Gasteiger partial charge is 0.419 e. The molecular weight excluding hydrogens is 283 g/mol. The Labute approximate surface area is 90.2 Å². The van der Waals surface area contributed by atoms with E-state index in [1.165, 1.54) is 0 Å². The van der Waals surface area contributed by atoms with Crippen molar-refractivity contribution in [1.82, 2.24) is 0 Å². The first kappa shape index (κ1) is 10.5. The molecule has 70 valence electrons. The van der Waals surface area contributed by atoms with Crippen LogP contribution < -0.4 is 4.74 Å². The van der Waals surface area contributed by atoms with Gasteiger partial charge in [-0.15, -0.1) is 0 Å². The Morgan fingerprint density at radius 1 is 1.38 bits per heavy atom. The van der Waals surface area contributed by atoms with E-state index in [1.54, 1.807) is 41.8 Å². The molecule has 0 atom stereocenters. The zero-order chi connectivity index (χ0) is 9.68. The lowest BCUT2D eigenvalue weighted by Gasteiger charge is -2.01. The molecular formula is C9H9IO3. The fraction of sp³-hybridized carbons (Fsp3) is 0.222. The third-order valence-corrected chi connectivity index (χ3v) is 1.65. The molecule has 0 radical (unpaired) electrons. The molecule has 1 rings (SSSR count). The van der Waals surface area contributed by atoms with E-state index in [-0.39, 0.29) is 3.98 Å². The second-order valence-corrected chi connectivity index (χ2v) is 3.30. The average Bonchev–Trinajstić information content (AvgIpc) is 2.08. The molecule has 0 aromatic heterocycles. The van der Waals surface area contributed by atoms with Crippen LogP contribution in [-0.2, 0) is 11.3 Å². The SMILES string of the molecule is COCc1ccc(OC(=O)I)cc1. The van der Waals surface area contributed by atoms with Gasteiger partial charge in [0.15, 0.2) is 0 Å². The molecule has 0 aliphatic carbocycles. The first-order valence-electron chi connectivity index (χ1n) is 3.67. The number of ether oxygens (including phenoxy) is 2. The van der Waals surface area contributed by atoms with Crippen LogP contribution in [-0.4, -0.2) is 11.1 Å². The predicted octanol–water partition coefficient (Wildman–Crippen LogP) is 2.77. The molecule has 0 saturated carbocycles. The maximum absolute atomic E-state index is 10.6. The molecule has 0 spiro atoms. The summed E-state index contributed by atoms with van der Waals surface area (Å²) in [5, 5.41) is 0. The molecule has 0 heterocycles. The number of hydrogen-bond acceptors (Lipinski definition) is 3. The molecule has 0 saturated heterocycles. The minimum absolute atomic E-state index is 0.336. The summed E-state index contributed by atoms with van der Waals surface area (Å²) in [7, 11) is 1.64. The zero-order valence-corrected chi connectivity index (χ0v) is 9.28. The topological polar surface area (TPSA) is 35.5 Å². The highest BCUT2D eigenvalue weighted by Gasteiger charge is 1.98. The van der Waals surface area contributed by atoms with Gasteiger partial charge in [-0.05, 0) is 17.7 Å². The van der Waals surface area contributed by atoms with Crippen LogP contribution in [0.4, 0.5) is 4.79 Å². The van der Waals surface area contributed by atoms with E-state index in [0.717, 1.165) is 5.56 Å². The van der Waals surface area contributed by atoms with Gasteiger partial charge in [0.25, 0.3) is 0 Å². The minimum Gasteiger partial charge on any atom is -0.419 e. The molecule has 1 aromatic carbocycles. The van der Waals surface area contributed by atoms with Gasteiger partial charge in [0.2, 0.25) is 0 Å². The van der Waals surface area contributed by atoms with E-state index in [4.69, 9.17) is 9.47 Å². The molecule has 0 aliphatic rings. The highest BCUT2D eigenvalue weighted by Crippen LogP contribution is 2.14. The van der Waals surface area contributed by atoms with Gasteiger partial charge < -0.3 is 9.47 Å². The van der Waals surface area contributed by atoms with E-state index in [9.17, 15) is 4.79 Å². The standard InChI is InChI=1S/C9H9IO3/c1-12-6-7-2-4-8(5-3-7)13-9(10)11/h2-5H,6H2,1H3. The summed E-state index contributed by atoms with van der Waals surface area (Å²) in [6.45, 7) is 0.568. The van der Waals surface area contributed by atoms with Crippen LogP contribution >= 0.6 is 22.6 Å². The second-order valence-electron chi connectivity index (χ2n) is 2.42. The van der Waals surface area contributed by atoms with Crippen LogP contribution in [0.25, 0.3) is 0 Å². The second kappa shape index (κ2) is 5.18. The van der Waals surface area contributed by atoms with Gasteiger partial charge in [-0.3, -0.25) is 0 Å². The average molecular weight is 292 g/mol. The van der Waals surface area contributed by atoms with Crippen molar-refractivity contribution < 1.29 is 14.3 Å². The van der Waals surface area contributed by atoms with Gasteiger partial charge in [-0.2, -0.15) is 0 Å². The third-order valence-electron chi connectivity index (χ3n) is 1.43. The molecule has 0 fully saturated rings. The highest BCUT2D eigenvalue weighted by molar-refractivity contribution is 14.1. The smallest absolute Gasteiger partial charge is 0.372 e. The molecule has 3 nitrogen and oxygen atoms in total. The zero-order valence-electron chi connectivity index (χ0n) is 7.12. The number of methoxy groups -OCH3 is 1. The monoisotopic (exact) mass is 292 g/mol. The van der Waals surface area contributed by atoms with E-state index < -0.39 is 0 Å². The Hall–Kier alpha value is -0.620. The molecule has 0 N–H and O–H groups in total. The lowest BCUT2D eigenvalue weighted by Crippen LogP contribution is -1.95. The first-order valence-corrected chi connectivity index (χ1v) is 4.75. The van der Waals surface area contributed by atoms with Crippen LogP contribution in [0.3, 0.4) is 0 Å². The minimum atomic E-state index is -0.336. The van der Waals surface area contributed by atoms with Crippen molar-refractivity contribution >= 4 is 26.6 Å². The molecule has 13 heavy (non-hydrogen) atoms. The van der Waals surface area contributed by atoms with Crippen LogP contribution in [0, 0.1) is 0 Å². The molecule has 0 bridgehead atoms. The molecule has 0 amide bonds. The van der Waals surface area contributed by atoms with Gasteiger partial charge in [0.1, 0.15) is 5.75 Å². The summed E-state index contributed by atoms with van der Waals surface area (Å²) in [6.07, 6.45) is 0. The first-order chi connectivity index (χ1) is 6.22. The Morgan fingerprint density at radius 3 is 2.46 bits per heavy atom. The summed E-state index contributed by atoms with van der Waals surface area (Å²) < 4.78 is 9.46. The van der Waals surface area contributed by atoms with Gasteiger partial charge in [-0.1, -0.05) is 12.1 Å². The number of rotatable bonds is 3. The van der Waals surface area contributed by atoms with Gasteiger partial charge in [-0.25, -0.2) is 4.79 Å². The Kier molecular flexibility index (Phi) is 4.17. The lowest BCUT2D eigenvalue weighted by atomic mass is 10.2. The van der Waals surface area contributed by atoms with Crippen LogP contribution in [0.1, 0.15) is 5.56 Å². The fourth-order valence-corrected chi connectivity index (χ4v) is 1.17. The Bertz CT molecular complexity index is 281. The van der Waals surface area contributed by atoms with Crippen LogP contribution in [0.2, 0.25) is 0 Å². The normalized spacial score (nSPS) is 9.69. The fourth-order valence-electron chi connectivity index (χ4n) is 0.913. The number of benzene rings is 1. The van der Waals surface area contributed by atoms with Crippen molar-refractivity contribution in [3.8, 4) is 5.75 Å². The summed E-state index contributed by atoms with van der Waals surface area (Å²) in [5.41, 5.74) is 1.05. The maximum Gasteiger partial charge on any atom is 0.372 e. The van der Waals surface area contributed by atoms with Crippen molar-refractivity contribution in [3.63, 3.8) is 0 Å². The summed E-state index contributed by atoms with van der Waals surface area (Å²) in [5.74, 6) is 0.555. The van der Waals surface area contributed by atoms with Gasteiger partial charge in [0, 0.05) is 7.11 Å². The van der Waals surface area contributed by atoms with Gasteiger partial charge >= 0.3 is 3.98 Å². The number of carbonyl (C=O) groups is 1. The molecule has 0 unspecified atom stereocenters. The number of halogens is 1. The van der Waals surface area contributed by atoms with Crippen molar-refractivity contribution in [2.75, 3.05) is 7.11 Å². The molecule has 4 heteroatoms. The summed E-state index contributed by atoms with van der Waals surface area (Å²) >= 11 is 1.59. The van der Waals surface area contributed by atoms with Crippen molar-refractivity contribution in [1.29, 1.82) is 0 Å². The van der Waals surface area contributed by atoms with Gasteiger partial charge in [0.05, 0.1) is 29.2 Å². The van der Waals surface area contributed by atoms with E-state index in [1.807, 2.05) is 12.1 Å². The lowest BCUT2D eigenvalue weighted by molar-refractivity contribution is 0.185. The van der Waals surface area contributed by atoms with Crippen molar-refractivity contribution in [2.24, 2.45) is 0 Å².